The fourth-order valence-corrected chi connectivity index (χ4v) is 3.89. The zero-order valence-corrected chi connectivity index (χ0v) is 19.4. The highest BCUT2D eigenvalue weighted by Crippen LogP contribution is 2.40. The largest absolute Gasteiger partial charge is 0.454 e. The summed E-state index contributed by atoms with van der Waals surface area (Å²) in [7, 11) is 3.46. The number of nitriles is 1. The molecular formula is C24H22N8O3. The Kier molecular flexibility index (Phi) is 5.41. The molecule has 11 nitrogen and oxygen atoms in total. The molecule has 1 amide bonds. The number of hydrogen-bond acceptors (Lipinski definition) is 8. The van der Waals surface area contributed by atoms with Gasteiger partial charge in [0.1, 0.15) is 34.4 Å². The van der Waals surface area contributed by atoms with Crippen LogP contribution in [0.5, 0.6) is 11.5 Å². The summed E-state index contributed by atoms with van der Waals surface area (Å²) in [5, 5.41) is 15.6. The van der Waals surface area contributed by atoms with Crippen molar-refractivity contribution in [2.45, 2.75) is 25.7 Å². The van der Waals surface area contributed by atoms with E-state index >= 15 is 0 Å². The van der Waals surface area contributed by atoms with Gasteiger partial charge in [-0.05, 0) is 36.5 Å². The van der Waals surface area contributed by atoms with Crippen molar-refractivity contribution >= 4 is 34.5 Å². The van der Waals surface area contributed by atoms with Crippen LogP contribution < -0.4 is 20.9 Å². The number of aryl methyl sites for hydroxylation is 2. The third-order valence-electron chi connectivity index (χ3n) is 5.74. The molecule has 4 aromatic rings. The van der Waals surface area contributed by atoms with Gasteiger partial charge in [0.05, 0.1) is 6.20 Å². The number of carbonyl (C=O) groups excluding carboxylic acids is 1. The molecule has 0 spiro atoms. The number of nitrogens with zero attached hydrogens (tertiary/aromatic N) is 6. The number of rotatable bonds is 6. The summed E-state index contributed by atoms with van der Waals surface area (Å²) in [5.74, 6) is 1.52. The maximum absolute atomic E-state index is 12.7. The molecule has 0 unspecified atom stereocenters. The number of imidazole rings is 1. The number of pyridine rings is 3. The van der Waals surface area contributed by atoms with Gasteiger partial charge in [-0.25, -0.2) is 9.97 Å². The van der Waals surface area contributed by atoms with Gasteiger partial charge in [0.15, 0.2) is 11.4 Å². The van der Waals surface area contributed by atoms with E-state index in [0.29, 0.717) is 40.3 Å². The molecule has 0 aromatic carbocycles. The third-order valence-corrected chi connectivity index (χ3v) is 5.74. The van der Waals surface area contributed by atoms with Crippen molar-refractivity contribution in [2.75, 3.05) is 10.6 Å². The molecule has 0 saturated heterocycles. The van der Waals surface area contributed by atoms with Crippen molar-refractivity contribution < 1.29 is 9.53 Å². The van der Waals surface area contributed by atoms with Crippen LogP contribution in [0.3, 0.4) is 0 Å². The van der Waals surface area contributed by atoms with Gasteiger partial charge in [0.25, 0.3) is 5.56 Å². The Morgan fingerprint density at radius 2 is 2.06 bits per heavy atom. The second-order valence-electron chi connectivity index (χ2n) is 8.44. The van der Waals surface area contributed by atoms with Gasteiger partial charge in [-0.15, -0.1) is 0 Å². The average Bonchev–Trinajstić information content (AvgIpc) is 3.62. The van der Waals surface area contributed by atoms with Crippen LogP contribution in [0.15, 0.2) is 41.6 Å². The molecule has 1 aliphatic rings. The van der Waals surface area contributed by atoms with Crippen LogP contribution in [-0.4, -0.2) is 30.0 Å². The molecule has 35 heavy (non-hydrogen) atoms. The second kappa shape index (κ2) is 8.57. The highest BCUT2D eigenvalue weighted by atomic mass is 16.5. The minimum Gasteiger partial charge on any atom is -0.454 e. The second-order valence-corrected chi connectivity index (χ2v) is 8.44. The lowest BCUT2D eigenvalue weighted by Crippen LogP contribution is -2.20. The molecule has 0 atom stereocenters. The molecule has 176 valence electrons. The van der Waals surface area contributed by atoms with Gasteiger partial charge in [-0.2, -0.15) is 10.2 Å². The number of carbonyl (C=O) groups is 1. The summed E-state index contributed by atoms with van der Waals surface area (Å²) in [6.07, 6.45) is 7.01. The van der Waals surface area contributed by atoms with Crippen molar-refractivity contribution in [1.29, 1.82) is 5.26 Å². The van der Waals surface area contributed by atoms with E-state index in [1.807, 2.05) is 12.3 Å². The molecule has 1 aliphatic carbocycles. The molecule has 0 aliphatic heterocycles. The Hall–Kier alpha value is -4.72. The fourth-order valence-electron chi connectivity index (χ4n) is 3.89. The van der Waals surface area contributed by atoms with E-state index in [-0.39, 0.29) is 22.8 Å². The van der Waals surface area contributed by atoms with E-state index in [1.54, 1.807) is 35.4 Å². The molecule has 11 heteroatoms. The lowest BCUT2D eigenvalue weighted by atomic mass is 10.2. The molecule has 0 bridgehead atoms. The number of hydrogen-bond donors (Lipinski definition) is 2. The summed E-state index contributed by atoms with van der Waals surface area (Å²) in [4.78, 5) is 36.9. The molecule has 0 radical (unpaired) electrons. The van der Waals surface area contributed by atoms with E-state index < -0.39 is 0 Å². The zero-order valence-electron chi connectivity index (χ0n) is 19.4. The van der Waals surface area contributed by atoms with E-state index in [4.69, 9.17) is 4.74 Å². The number of fused-ring (bicyclic) bond motifs is 1. The van der Waals surface area contributed by atoms with Crippen LogP contribution in [0, 0.1) is 11.3 Å². The van der Waals surface area contributed by atoms with Crippen LogP contribution in [0.4, 0.5) is 17.5 Å². The van der Waals surface area contributed by atoms with Crippen LogP contribution in [0.1, 0.15) is 36.8 Å². The molecule has 2 N–H and O–H groups in total. The lowest BCUT2D eigenvalue weighted by molar-refractivity contribution is -0.114. The summed E-state index contributed by atoms with van der Waals surface area (Å²) >= 11 is 0. The Bertz CT molecular complexity index is 1580. The van der Waals surface area contributed by atoms with Gasteiger partial charge in [0, 0.05) is 39.5 Å². The molecule has 5 rings (SSSR count). The van der Waals surface area contributed by atoms with Gasteiger partial charge >= 0.3 is 0 Å². The van der Waals surface area contributed by atoms with Crippen LogP contribution in [0.25, 0.3) is 11.2 Å². The Labute approximate surface area is 200 Å². The van der Waals surface area contributed by atoms with Crippen LogP contribution >= 0.6 is 0 Å². The minimum atomic E-state index is -0.261. The van der Waals surface area contributed by atoms with Crippen LogP contribution in [-0.2, 0) is 18.9 Å². The summed E-state index contributed by atoms with van der Waals surface area (Å²) in [5.41, 5.74) is 2.37. The standard InChI is InChI=1S/C24H22N8O3/c1-13(33)28-20-9-16(6-7-26-20)35-19-11-27-22-21(17(19)10-25)32(3)24(30-22)29-18-8-15(14-4-5-14)12-31(2)23(18)34/h6-9,11-12,14H,4-5H2,1-3H3,(H,26,28,33)(H,27,29,30). The monoisotopic (exact) mass is 470 g/mol. The summed E-state index contributed by atoms with van der Waals surface area (Å²) in [6, 6.07) is 7.19. The Balaban J connectivity index is 1.51. The van der Waals surface area contributed by atoms with E-state index in [0.717, 1.165) is 18.4 Å². The highest BCUT2D eigenvalue weighted by Gasteiger charge is 2.25. The predicted octanol–water partition coefficient (Wildman–Crippen LogP) is 3.31. The maximum Gasteiger partial charge on any atom is 0.274 e. The lowest BCUT2D eigenvalue weighted by Gasteiger charge is -2.11. The van der Waals surface area contributed by atoms with Crippen molar-refractivity contribution in [3.63, 3.8) is 0 Å². The molecule has 1 saturated carbocycles. The molecule has 1 fully saturated rings. The van der Waals surface area contributed by atoms with E-state index in [2.05, 4.69) is 31.7 Å². The van der Waals surface area contributed by atoms with Gasteiger partial charge in [-0.1, -0.05) is 0 Å². The number of aromatic nitrogens is 5. The van der Waals surface area contributed by atoms with E-state index in [9.17, 15) is 14.9 Å². The zero-order chi connectivity index (χ0) is 24.7. The quantitative estimate of drug-likeness (QED) is 0.437. The van der Waals surface area contributed by atoms with Crippen LogP contribution in [0.2, 0.25) is 0 Å². The molecular weight excluding hydrogens is 448 g/mol. The third kappa shape index (κ3) is 4.29. The molecule has 4 aromatic heterocycles. The molecule has 4 heterocycles. The van der Waals surface area contributed by atoms with Gasteiger partial charge < -0.3 is 24.5 Å². The van der Waals surface area contributed by atoms with Crippen molar-refractivity contribution in [3.8, 4) is 17.6 Å². The average molecular weight is 470 g/mol. The van der Waals surface area contributed by atoms with Crippen molar-refractivity contribution in [3.05, 3.63) is 58.3 Å². The smallest absolute Gasteiger partial charge is 0.274 e. The number of anilines is 3. The minimum absolute atomic E-state index is 0.174. The van der Waals surface area contributed by atoms with Gasteiger partial charge in [0.2, 0.25) is 11.9 Å². The van der Waals surface area contributed by atoms with E-state index in [1.165, 1.54) is 19.3 Å². The number of amides is 1. The Morgan fingerprint density at radius 1 is 1.26 bits per heavy atom. The highest BCUT2D eigenvalue weighted by molar-refractivity contribution is 5.88. The first-order chi connectivity index (χ1) is 16.8. The fraction of sp³-hybridized carbons (Fsp3) is 0.250. The summed E-state index contributed by atoms with van der Waals surface area (Å²) < 4.78 is 9.14. The van der Waals surface area contributed by atoms with Crippen molar-refractivity contribution in [1.82, 2.24) is 24.1 Å². The topological polar surface area (TPSA) is 140 Å². The normalized spacial score (nSPS) is 12.9. The summed E-state index contributed by atoms with van der Waals surface area (Å²) in [6.45, 7) is 1.38. The van der Waals surface area contributed by atoms with Crippen molar-refractivity contribution in [2.24, 2.45) is 14.1 Å². The first-order valence-corrected chi connectivity index (χ1v) is 11.0. The first kappa shape index (κ1) is 22.1. The first-order valence-electron chi connectivity index (χ1n) is 11.0. The predicted molar refractivity (Wildman–Crippen MR) is 129 cm³/mol. The van der Waals surface area contributed by atoms with Gasteiger partial charge in [-0.3, -0.25) is 9.59 Å². The number of ether oxygens (including phenoxy) is 1. The number of nitrogens with one attached hydrogen (secondary N) is 2. The SMILES string of the molecule is CC(=O)Nc1cc(Oc2cnc3nc(Nc4cc(C5CC5)cn(C)c4=O)n(C)c3c2C#N)ccn1. The maximum atomic E-state index is 12.7. The Morgan fingerprint density at radius 3 is 2.77 bits per heavy atom.